The standard InChI is InChI=1S/C19H23N3OS/c1-21-10-8-20-19(21)18(23)15-6-4-9-22(12-15)13-16-11-14-5-2-3-7-17(14)24-16/h2-3,5,7-8,10-11,15,18,23H,4,6,9,12-13H2,1H3. The van der Waals surface area contributed by atoms with E-state index in [9.17, 15) is 5.11 Å². The summed E-state index contributed by atoms with van der Waals surface area (Å²) < 4.78 is 3.28. The van der Waals surface area contributed by atoms with Gasteiger partial charge >= 0.3 is 0 Å². The summed E-state index contributed by atoms with van der Waals surface area (Å²) in [4.78, 5) is 8.21. The zero-order chi connectivity index (χ0) is 16.5. The van der Waals surface area contributed by atoms with Crippen LogP contribution in [-0.4, -0.2) is 32.6 Å². The van der Waals surface area contributed by atoms with Gasteiger partial charge in [0.1, 0.15) is 11.9 Å². The van der Waals surface area contributed by atoms with Crippen LogP contribution in [0.4, 0.5) is 0 Å². The van der Waals surface area contributed by atoms with Gasteiger partial charge in [-0.3, -0.25) is 4.90 Å². The molecule has 5 heteroatoms. The molecule has 0 aliphatic carbocycles. The third-order valence-electron chi connectivity index (χ3n) is 4.97. The number of piperidine rings is 1. The summed E-state index contributed by atoms with van der Waals surface area (Å²) in [5.41, 5.74) is 0. The molecule has 4 nitrogen and oxygen atoms in total. The molecule has 0 spiro atoms. The molecule has 0 radical (unpaired) electrons. The second-order valence-corrected chi connectivity index (χ2v) is 7.90. The monoisotopic (exact) mass is 341 g/mol. The molecule has 1 aliphatic heterocycles. The number of thiophene rings is 1. The van der Waals surface area contributed by atoms with Gasteiger partial charge in [0.25, 0.3) is 0 Å². The highest BCUT2D eigenvalue weighted by Crippen LogP contribution is 2.31. The van der Waals surface area contributed by atoms with E-state index in [1.54, 1.807) is 6.20 Å². The maximum absolute atomic E-state index is 10.7. The maximum atomic E-state index is 10.7. The van der Waals surface area contributed by atoms with Crippen molar-refractivity contribution in [3.8, 4) is 0 Å². The number of fused-ring (bicyclic) bond motifs is 1. The van der Waals surface area contributed by atoms with E-state index in [1.165, 1.54) is 15.0 Å². The van der Waals surface area contributed by atoms with E-state index < -0.39 is 6.10 Å². The van der Waals surface area contributed by atoms with Crippen molar-refractivity contribution in [2.75, 3.05) is 13.1 Å². The second kappa shape index (κ2) is 6.67. The Labute approximate surface area is 146 Å². The topological polar surface area (TPSA) is 41.3 Å². The molecule has 4 rings (SSSR count). The van der Waals surface area contributed by atoms with Gasteiger partial charge in [0.2, 0.25) is 0 Å². The summed E-state index contributed by atoms with van der Waals surface area (Å²) >= 11 is 1.88. The number of aliphatic hydroxyl groups is 1. The quantitative estimate of drug-likeness (QED) is 0.788. The first-order valence-corrected chi connectivity index (χ1v) is 9.37. The lowest BCUT2D eigenvalue weighted by molar-refractivity contribution is 0.0408. The first kappa shape index (κ1) is 15.8. The Morgan fingerprint density at radius 2 is 2.25 bits per heavy atom. The number of rotatable bonds is 4. The average molecular weight is 341 g/mol. The van der Waals surface area contributed by atoms with Crippen LogP contribution in [0, 0.1) is 5.92 Å². The third-order valence-corrected chi connectivity index (χ3v) is 6.07. The van der Waals surface area contributed by atoms with Gasteiger partial charge < -0.3 is 9.67 Å². The molecule has 1 fully saturated rings. The molecule has 2 atom stereocenters. The third kappa shape index (κ3) is 3.11. The van der Waals surface area contributed by atoms with Crippen LogP contribution in [0.1, 0.15) is 29.6 Å². The minimum absolute atomic E-state index is 0.259. The lowest BCUT2D eigenvalue weighted by Gasteiger charge is -2.34. The number of benzene rings is 1. The summed E-state index contributed by atoms with van der Waals surface area (Å²) in [6.07, 6.45) is 5.39. The van der Waals surface area contributed by atoms with Crippen molar-refractivity contribution in [2.45, 2.75) is 25.5 Å². The lowest BCUT2D eigenvalue weighted by atomic mass is 9.92. The largest absolute Gasteiger partial charge is 0.385 e. The first-order valence-electron chi connectivity index (χ1n) is 8.56. The summed E-state index contributed by atoms with van der Waals surface area (Å²) in [7, 11) is 1.95. The van der Waals surface area contributed by atoms with E-state index in [0.717, 1.165) is 38.3 Å². The molecular weight excluding hydrogens is 318 g/mol. The fourth-order valence-electron chi connectivity index (χ4n) is 3.70. The molecule has 0 bridgehead atoms. The van der Waals surface area contributed by atoms with E-state index in [-0.39, 0.29) is 5.92 Å². The molecule has 0 amide bonds. The number of likely N-dealkylation sites (tertiary alicyclic amines) is 1. The summed E-state index contributed by atoms with van der Waals surface area (Å²) in [5.74, 6) is 1.04. The van der Waals surface area contributed by atoms with Crippen molar-refractivity contribution in [1.29, 1.82) is 0 Å². The van der Waals surface area contributed by atoms with Gasteiger partial charge in [0, 0.05) is 48.0 Å². The van der Waals surface area contributed by atoms with Crippen LogP contribution >= 0.6 is 11.3 Å². The number of aliphatic hydroxyl groups excluding tert-OH is 1. The number of hydrogen-bond donors (Lipinski definition) is 1. The Morgan fingerprint density at radius 1 is 1.38 bits per heavy atom. The predicted octanol–water partition coefficient (Wildman–Crippen LogP) is 3.58. The molecular formula is C19H23N3OS. The fraction of sp³-hybridized carbons (Fsp3) is 0.421. The minimum Gasteiger partial charge on any atom is -0.385 e. The zero-order valence-electron chi connectivity index (χ0n) is 13.9. The van der Waals surface area contributed by atoms with Crippen molar-refractivity contribution < 1.29 is 5.11 Å². The molecule has 1 N–H and O–H groups in total. The number of aryl methyl sites for hydroxylation is 1. The van der Waals surface area contributed by atoms with Crippen LogP contribution in [0.2, 0.25) is 0 Å². The molecule has 1 aromatic carbocycles. The summed E-state index contributed by atoms with van der Waals surface area (Å²) in [6, 6.07) is 10.9. The number of nitrogens with zero attached hydrogens (tertiary/aromatic N) is 3. The molecule has 24 heavy (non-hydrogen) atoms. The first-order chi connectivity index (χ1) is 11.7. The Kier molecular flexibility index (Phi) is 4.39. The molecule has 1 aliphatic rings. The number of hydrogen-bond acceptors (Lipinski definition) is 4. The molecule has 3 aromatic rings. The Balaban J connectivity index is 1.45. The fourth-order valence-corrected chi connectivity index (χ4v) is 4.81. The van der Waals surface area contributed by atoms with E-state index in [0.29, 0.717) is 0 Å². The van der Waals surface area contributed by atoms with Crippen LogP contribution in [0.15, 0.2) is 42.7 Å². The van der Waals surface area contributed by atoms with Crippen LogP contribution < -0.4 is 0 Å². The Bertz CT molecular complexity index is 792. The normalized spacial score (nSPS) is 20.5. The molecule has 2 unspecified atom stereocenters. The zero-order valence-corrected chi connectivity index (χ0v) is 14.7. The van der Waals surface area contributed by atoms with Crippen LogP contribution in [0.5, 0.6) is 0 Å². The van der Waals surface area contributed by atoms with E-state index in [4.69, 9.17) is 0 Å². The molecule has 1 saturated heterocycles. The van der Waals surface area contributed by atoms with Gasteiger partial charge in [-0.1, -0.05) is 18.2 Å². The van der Waals surface area contributed by atoms with Crippen molar-refractivity contribution >= 4 is 21.4 Å². The van der Waals surface area contributed by atoms with E-state index in [2.05, 4.69) is 40.2 Å². The van der Waals surface area contributed by atoms with Gasteiger partial charge in [0.15, 0.2) is 0 Å². The highest BCUT2D eigenvalue weighted by atomic mass is 32.1. The Morgan fingerprint density at radius 3 is 3.04 bits per heavy atom. The van der Waals surface area contributed by atoms with Crippen molar-refractivity contribution in [1.82, 2.24) is 14.5 Å². The average Bonchev–Trinajstić information content (AvgIpc) is 3.19. The van der Waals surface area contributed by atoms with Gasteiger partial charge in [-0.25, -0.2) is 4.98 Å². The Hall–Kier alpha value is -1.69. The van der Waals surface area contributed by atoms with E-state index >= 15 is 0 Å². The molecule has 0 saturated carbocycles. The van der Waals surface area contributed by atoms with Crippen LogP contribution in [-0.2, 0) is 13.6 Å². The SMILES string of the molecule is Cn1ccnc1C(O)C1CCCN(Cc2cc3ccccc3s2)C1. The van der Waals surface area contributed by atoms with Crippen molar-refractivity contribution in [2.24, 2.45) is 13.0 Å². The smallest absolute Gasteiger partial charge is 0.137 e. The highest BCUT2D eigenvalue weighted by Gasteiger charge is 2.29. The van der Waals surface area contributed by atoms with Crippen LogP contribution in [0.3, 0.4) is 0 Å². The van der Waals surface area contributed by atoms with Gasteiger partial charge in [-0.2, -0.15) is 0 Å². The predicted molar refractivity (Wildman–Crippen MR) is 98.0 cm³/mol. The van der Waals surface area contributed by atoms with E-state index in [1.807, 2.05) is 29.1 Å². The number of aromatic nitrogens is 2. The second-order valence-electron chi connectivity index (χ2n) is 6.73. The molecule has 126 valence electrons. The maximum Gasteiger partial charge on any atom is 0.137 e. The minimum atomic E-state index is -0.477. The highest BCUT2D eigenvalue weighted by molar-refractivity contribution is 7.19. The van der Waals surface area contributed by atoms with Crippen LogP contribution in [0.25, 0.3) is 10.1 Å². The lowest BCUT2D eigenvalue weighted by Crippen LogP contribution is -2.37. The molecule has 2 aromatic heterocycles. The van der Waals surface area contributed by atoms with Gasteiger partial charge in [-0.05, 0) is 36.9 Å². The number of imidazole rings is 1. The van der Waals surface area contributed by atoms with Gasteiger partial charge in [-0.15, -0.1) is 11.3 Å². The summed E-state index contributed by atoms with van der Waals surface area (Å²) in [5, 5.41) is 12.0. The van der Waals surface area contributed by atoms with Crippen molar-refractivity contribution in [3.63, 3.8) is 0 Å². The summed E-state index contributed by atoms with van der Waals surface area (Å²) in [6.45, 7) is 3.02. The molecule has 3 heterocycles. The van der Waals surface area contributed by atoms with Gasteiger partial charge in [0.05, 0.1) is 0 Å². The van der Waals surface area contributed by atoms with Crippen molar-refractivity contribution in [3.05, 3.63) is 53.4 Å².